The normalized spacial score (nSPS) is 10.6. The highest BCUT2D eigenvalue weighted by atomic mass is 16.5. The van der Waals surface area contributed by atoms with E-state index in [0.717, 1.165) is 24.8 Å². The molecule has 0 heterocycles. The molecule has 1 aromatic carbocycles. The first-order valence-corrected chi connectivity index (χ1v) is 7.16. The van der Waals surface area contributed by atoms with E-state index >= 15 is 0 Å². The van der Waals surface area contributed by atoms with Gasteiger partial charge < -0.3 is 4.74 Å². The second kappa shape index (κ2) is 7.72. The Morgan fingerprint density at radius 1 is 1.25 bits per heavy atom. The lowest BCUT2D eigenvalue weighted by Crippen LogP contribution is -2.22. The van der Waals surface area contributed by atoms with Gasteiger partial charge in [0.15, 0.2) is 0 Å². The zero-order valence-electron chi connectivity index (χ0n) is 12.9. The van der Waals surface area contributed by atoms with Gasteiger partial charge in [0.25, 0.3) is 0 Å². The Balaban J connectivity index is 2.89. The lowest BCUT2D eigenvalue weighted by Gasteiger charge is -2.17. The Bertz CT molecular complexity index is 486. The average molecular weight is 272 g/mol. The minimum atomic E-state index is -0.494. The first kappa shape index (κ1) is 16.3. The predicted octanol–water partition coefficient (Wildman–Crippen LogP) is 4.96. The molecule has 2 nitrogen and oxygen atoms in total. The van der Waals surface area contributed by atoms with Gasteiger partial charge in [-0.1, -0.05) is 49.4 Å². The molecule has 1 rings (SSSR count). The lowest BCUT2D eigenvalue weighted by molar-refractivity contribution is -0.148. The Hall–Kier alpha value is -1.79. The van der Waals surface area contributed by atoms with E-state index in [1.807, 2.05) is 57.2 Å². The molecule has 0 aliphatic rings. The molecule has 2 heteroatoms. The fraction of sp³-hybridized carbons (Fsp3) is 0.444. The van der Waals surface area contributed by atoms with E-state index in [1.165, 1.54) is 0 Å². The van der Waals surface area contributed by atoms with Crippen molar-refractivity contribution in [2.75, 3.05) is 0 Å². The Morgan fingerprint density at radius 2 is 1.90 bits per heavy atom. The number of hydrogen-bond donors (Lipinski definition) is 0. The summed E-state index contributed by atoms with van der Waals surface area (Å²) in [5.41, 5.74) is 3.68. The molecule has 0 spiro atoms. The van der Waals surface area contributed by atoms with Gasteiger partial charge in [-0.05, 0) is 38.8 Å². The van der Waals surface area contributed by atoms with Gasteiger partial charge in [-0.2, -0.15) is 0 Å². The summed E-state index contributed by atoms with van der Waals surface area (Å²) in [6.07, 6.45) is 4.65. The first-order valence-electron chi connectivity index (χ1n) is 7.16. The van der Waals surface area contributed by atoms with E-state index < -0.39 is 5.41 Å². The van der Waals surface area contributed by atoms with Crippen LogP contribution in [0, 0.1) is 5.41 Å². The summed E-state index contributed by atoms with van der Waals surface area (Å²) < 4.78 is 5.47. The van der Waals surface area contributed by atoms with E-state index in [-0.39, 0.29) is 5.97 Å². The molecule has 1 aromatic rings. The summed E-state index contributed by atoms with van der Waals surface area (Å²) in [4.78, 5) is 12.0. The summed E-state index contributed by atoms with van der Waals surface area (Å²) in [5, 5.41) is 0. The maximum Gasteiger partial charge on any atom is 0.316 e. The highest BCUT2D eigenvalue weighted by Crippen LogP contribution is 2.19. The number of rotatable bonds is 5. The van der Waals surface area contributed by atoms with Crippen molar-refractivity contribution in [2.45, 2.75) is 47.0 Å². The van der Waals surface area contributed by atoms with Crippen LogP contribution in [0.4, 0.5) is 0 Å². The fourth-order valence-electron chi connectivity index (χ4n) is 1.47. The molecular formula is C18H24O2. The molecule has 20 heavy (non-hydrogen) atoms. The van der Waals surface area contributed by atoms with Gasteiger partial charge >= 0.3 is 5.97 Å². The van der Waals surface area contributed by atoms with Gasteiger partial charge in [-0.25, -0.2) is 0 Å². The molecule has 0 N–H and O–H groups in total. The minimum absolute atomic E-state index is 0.211. The summed E-state index contributed by atoms with van der Waals surface area (Å²) in [5.74, 6) is 0.410. The van der Waals surface area contributed by atoms with Crippen LogP contribution in [0.25, 0.3) is 6.08 Å². The number of ether oxygens (including phenoxy) is 1. The number of allylic oxidation sites excluding steroid dienone is 1. The Morgan fingerprint density at radius 3 is 2.45 bits per heavy atom. The zero-order chi connectivity index (χ0) is 15.0. The highest BCUT2D eigenvalue weighted by molar-refractivity contribution is 5.76. The smallest absolute Gasteiger partial charge is 0.316 e. The minimum Gasteiger partial charge on any atom is -0.422 e. The second-order valence-electron chi connectivity index (χ2n) is 5.87. The van der Waals surface area contributed by atoms with E-state index in [9.17, 15) is 4.79 Å². The quantitative estimate of drug-likeness (QED) is 0.430. The standard InChI is InChI=1S/C18H24O2/c1-5-6-12-16(20-17(19)18(2,3)4)14-13-15-10-8-7-9-11-15/h7-11,13H,5-6,12H2,1-4H3. The molecule has 0 amide bonds. The number of carbonyl (C=O) groups is 1. The van der Waals surface area contributed by atoms with Crippen molar-refractivity contribution in [3.63, 3.8) is 0 Å². The fourth-order valence-corrected chi connectivity index (χ4v) is 1.47. The molecule has 0 fully saturated rings. The third-order valence-electron chi connectivity index (χ3n) is 2.79. The number of esters is 1. The molecule has 0 aliphatic heterocycles. The van der Waals surface area contributed by atoms with Gasteiger partial charge in [0, 0.05) is 6.42 Å². The van der Waals surface area contributed by atoms with Crippen LogP contribution >= 0.6 is 0 Å². The van der Waals surface area contributed by atoms with E-state index in [0.29, 0.717) is 5.76 Å². The summed E-state index contributed by atoms with van der Waals surface area (Å²) in [6, 6.07) is 9.91. The van der Waals surface area contributed by atoms with Gasteiger partial charge in [0.05, 0.1) is 5.41 Å². The van der Waals surface area contributed by atoms with Crippen LogP contribution in [-0.2, 0) is 9.53 Å². The Kier molecular flexibility index (Phi) is 6.27. The van der Waals surface area contributed by atoms with Crippen molar-refractivity contribution in [1.29, 1.82) is 0 Å². The summed E-state index contributed by atoms with van der Waals surface area (Å²) >= 11 is 0. The molecule has 0 saturated carbocycles. The number of unbranched alkanes of at least 4 members (excludes halogenated alkanes) is 1. The number of carbonyl (C=O) groups excluding carboxylic acids is 1. The van der Waals surface area contributed by atoms with Crippen LogP contribution < -0.4 is 0 Å². The van der Waals surface area contributed by atoms with Crippen molar-refractivity contribution in [3.8, 4) is 0 Å². The van der Waals surface area contributed by atoms with Gasteiger partial charge in [-0.15, -0.1) is 0 Å². The van der Waals surface area contributed by atoms with Gasteiger partial charge in [0.2, 0.25) is 0 Å². The van der Waals surface area contributed by atoms with Crippen LogP contribution in [0.5, 0.6) is 0 Å². The Labute approximate surface area is 122 Å². The average Bonchev–Trinajstić information content (AvgIpc) is 2.41. The van der Waals surface area contributed by atoms with Crippen molar-refractivity contribution in [2.24, 2.45) is 5.41 Å². The van der Waals surface area contributed by atoms with Gasteiger partial charge in [0.1, 0.15) is 5.76 Å². The zero-order valence-corrected chi connectivity index (χ0v) is 12.9. The highest BCUT2D eigenvalue weighted by Gasteiger charge is 2.24. The van der Waals surface area contributed by atoms with Crippen molar-refractivity contribution in [3.05, 3.63) is 47.4 Å². The molecule has 0 radical (unpaired) electrons. The third-order valence-corrected chi connectivity index (χ3v) is 2.79. The van der Waals surface area contributed by atoms with Crippen molar-refractivity contribution >= 4 is 12.0 Å². The monoisotopic (exact) mass is 272 g/mol. The van der Waals surface area contributed by atoms with Crippen LogP contribution in [0.3, 0.4) is 0 Å². The molecule has 0 unspecified atom stereocenters. The number of hydrogen-bond acceptors (Lipinski definition) is 2. The van der Waals surface area contributed by atoms with E-state index in [4.69, 9.17) is 4.74 Å². The molecule has 0 aliphatic carbocycles. The largest absolute Gasteiger partial charge is 0.422 e. The van der Waals surface area contributed by atoms with E-state index in [2.05, 4.69) is 12.7 Å². The van der Waals surface area contributed by atoms with Crippen LogP contribution in [0.1, 0.15) is 52.5 Å². The second-order valence-corrected chi connectivity index (χ2v) is 5.87. The van der Waals surface area contributed by atoms with Crippen molar-refractivity contribution in [1.82, 2.24) is 0 Å². The molecule has 108 valence electrons. The first-order chi connectivity index (χ1) is 9.43. The van der Waals surface area contributed by atoms with Crippen molar-refractivity contribution < 1.29 is 9.53 Å². The topological polar surface area (TPSA) is 26.3 Å². The van der Waals surface area contributed by atoms with Gasteiger partial charge in [-0.3, -0.25) is 4.79 Å². The van der Waals surface area contributed by atoms with E-state index in [1.54, 1.807) is 0 Å². The SMILES string of the molecule is CCCCC(=C=Cc1ccccc1)OC(=O)C(C)(C)C. The maximum atomic E-state index is 12.0. The van der Waals surface area contributed by atoms with Crippen LogP contribution in [-0.4, -0.2) is 5.97 Å². The molecule has 0 aromatic heterocycles. The third kappa shape index (κ3) is 5.90. The predicted molar refractivity (Wildman–Crippen MR) is 83.0 cm³/mol. The van der Waals surface area contributed by atoms with Crippen LogP contribution in [0.15, 0.2) is 41.8 Å². The molecule has 0 atom stereocenters. The number of benzene rings is 1. The lowest BCUT2D eigenvalue weighted by atomic mass is 9.97. The molecule has 0 bridgehead atoms. The maximum absolute atomic E-state index is 12.0. The molecule has 0 saturated heterocycles. The molecular weight excluding hydrogens is 248 g/mol. The summed E-state index contributed by atoms with van der Waals surface area (Å²) in [7, 11) is 0. The van der Waals surface area contributed by atoms with Crippen LogP contribution in [0.2, 0.25) is 0 Å². The summed E-state index contributed by atoms with van der Waals surface area (Å²) in [6.45, 7) is 7.68.